The van der Waals surface area contributed by atoms with Crippen LogP contribution in [0.2, 0.25) is 5.02 Å². The van der Waals surface area contributed by atoms with Gasteiger partial charge in [-0.05, 0) is 63.0 Å². The number of carbonyl (C=O) groups excluding carboxylic acids is 1. The van der Waals surface area contributed by atoms with Crippen LogP contribution in [0.1, 0.15) is 18.1 Å². The smallest absolute Gasteiger partial charge is 0.328 e. The molecule has 0 spiro atoms. The Hall–Kier alpha value is -5.97. The highest BCUT2D eigenvalue weighted by molar-refractivity contribution is 6.32. The number of hydrogen-bond acceptors (Lipinski definition) is 9. The van der Waals surface area contributed by atoms with Gasteiger partial charge in [-0.2, -0.15) is 5.26 Å². The number of ether oxygens (including phenoxy) is 2. The van der Waals surface area contributed by atoms with E-state index >= 15 is 0 Å². The first-order valence-corrected chi connectivity index (χ1v) is 15.0. The van der Waals surface area contributed by atoms with Crippen LogP contribution in [-0.4, -0.2) is 65.2 Å². The van der Waals surface area contributed by atoms with Gasteiger partial charge in [-0.15, -0.1) is 0 Å². The number of nitrogens with zero attached hydrogens (tertiary/aromatic N) is 3. The summed E-state index contributed by atoms with van der Waals surface area (Å²) in [6, 6.07) is 16.9. The first-order chi connectivity index (χ1) is 23.4. The molecular formula is C35H33ClFN5O7. The van der Waals surface area contributed by atoms with Crippen molar-refractivity contribution in [2.24, 2.45) is 0 Å². The largest absolute Gasteiger partial charge is 0.492 e. The van der Waals surface area contributed by atoms with E-state index in [-0.39, 0.29) is 18.3 Å². The average molecular weight is 690 g/mol. The Balaban J connectivity index is 0.000000723. The molecule has 4 N–H and O–H groups in total. The third-order valence-electron chi connectivity index (χ3n) is 6.24. The van der Waals surface area contributed by atoms with Gasteiger partial charge < -0.3 is 35.2 Å². The van der Waals surface area contributed by atoms with Gasteiger partial charge in [-0.1, -0.05) is 29.8 Å². The predicted octanol–water partition coefficient (Wildman–Crippen LogP) is 6.39. The van der Waals surface area contributed by atoms with Crippen LogP contribution < -0.4 is 20.1 Å². The van der Waals surface area contributed by atoms with E-state index in [2.05, 4.69) is 21.7 Å². The maximum atomic E-state index is 13.5. The number of pyridine rings is 1. The van der Waals surface area contributed by atoms with E-state index in [1.807, 2.05) is 25.9 Å². The first-order valence-electron chi connectivity index (χ1n) is 14.6. The predicted molar refractivity (Wildman–Crippen MR) is 184 cm³/mol. The lowest BCUT2D eigenvalue weighted by Crippen LogP contribution is -2.13. The van der Waals surface area contributed by atoms with Gasteiger partial charge >= 0.3 is 11.9 Å². The molecule has 0 aliphatic rings. The number of halogens is 2. The third-order valence-corrected chi connectivity index (χ3v) is 6.54. The van der Waals surface area contributed by atoms with Crippen molar-refractivity contribution in [1.82, 2.24) is 9.88 Å². The molecule has 0 saturated carbocycles. The van der Waals surface area contributed by atoms with Crippen LogP contribution in [0.25, 0.3) is 10.9 Å². The van der Waals surface area contributed by atoms with Crippen molar-refractivity contribution in [1.29, 1.82) is 5.26 Å². The summed E-state index contributed by atoms with van der Waals surface area (Å²) in [5.74, 6) is -2.28. The number of carbonyl (C=O) groups is 3. The standard InChI is InChI=1S/C31H29ClFN5O3.C4H4O4/c1-4-40-29-16-26-24(15-27(29)37-30(39)9-6-12-38(2)3)31(21(17-34)18-35-26)36-23-10-11-28(25(32)14-23)41-19-20-7-5-8-22(33)13-20;5-3(6)1-2-4(7)8/h5-11,13-16,18H,4,12,19H2,1-3H3,(H,35,36)(H,37,39);1-2H,(H,5,6)(H,7,8)/b9-6+;2-1-. The van der Waals surface area contributed by atoms with Crippen LogP contribution >= 0.6 is 11.6 Å². The maximum absolute atomic E-state index is 13.5. The van der Waals surface area contributed by atoms with Gasteiger partial charge in [0.2, 0.25) is 5.91 Å². The molecule has 1 aromatic heterocycles. The van der Waals surface area contributed by atoms with E-state index in [9.17, 15) is 24.0 Å². The Morgan fingerprint density at radius 1 is 1.02 bits per heavy atom. The lowest BCUT2D eigenvalue weighted by atomic mass is 10.1. The highest BCUT2D eigenvalue weighted by atomic mass is 35.5. The van der Waals surface area contributed by atoms with E-state index in [1.165, 1.54) is 24.4 Å². The summed E-state index contributed by atoms with van der Waals surface area (Å²) in [5.41, 5.74) is 3.07. The second-order valence-corrected chi connectivity index (χ2v) is 10.7. The summed E-state index contributed by atoms with van der Waals surface area (Å²) >= 11 is 6.49. The van der Waals surface area contributed by atoms with Gasteiger partial charge in [-0.25, -0.2) is 14.0 Å². The topological polar surface area (TPSA) is 174 Å². The number of carboxylic acids is 2. The lowest BCUT2D eigenvalue weighted by Gasteiger charge is -2.16. The quantitative estimate of drug-likeness (QED) is 0.115. The molecule has 1 heterocycles. The fourth-order valence-corrected chi connectivity index (χ4v) is 4.36. The van der Waals surface area contributed by atoms with Crippen molar-refractivity contribution in [3.05, 3.63) is 107 Å². The Labute approximate surface area is 286 Å². The number of fused-ring (bicyclic) bond motifs is 1. The molecule has 4 aromatic rings. The molecule has 49 heavy (non-hydrogen) atoms. The zero-order valence-corrected chi connectivity index (χ0v) is 27.5. The summed E-state index contributed by atoms with van der Waals surface area (Å²) in [7, 11) is 3.82. The number of amides is 1. The molecule has 1 amide bonds. The molecule has 0 aliphatic heterocycles. The number of benzene rings is 3. The van der Waals surface area contributed by atoms with E-state index in [0.717, 1.165) is 0 Å². The normalized spacial score (nSPS) is 10.8. The number of likely N-dealkylation sites (N-methyl/N-ethyl adjacent to an activating group) is 1. The Kier molecular flexibility index (Phi) is 14.1. The summed E-state index contributed by atoms with van der Waals surface area (Å²) < 4.78 is 25.0. The third kappa shape index (κ3) is 12.0. The zero-order chi connectivity index (χ0) is 35.9. The van der Waals surface area contributed by atoms with Gasteiger partial charge in [-0.3, -0.25) is 9.78 Å². The van der Waals surface area contributed by atoms with Gasteiger partial charge in [0, 0.05) is 48.1 Å². The second kappa shape index (κ2) is 18.4. The molecule has 0 atom stereocenters. The highest BCUT2D eigenvalue weighted by Gasteiger charge is 2.16. The van der Waals surface area contributed by atoms with E-state index in [0.29, 0.717) is 80.9 Å². The van der Waals surface area contributed by atoms with Gasteiger partial charge in [0.25, 0.3) is 0 Å². The van der Waals surface area contributed by atoms with Crippen LogP contribution in [0, 0.1) is 17.1 Å². The van der Waals surface area contributed by atoms with E-state index < -0.39 is 11.9 Å². The van der Waals surface area contributed by atoms with Gasteiger partial charge in [0.1, 0.15) is 30.0 Å². The molecule has 0 aliphatic carbocycles. The van der Waals surface area contributed by atoms with E-state index in [4.69, 9.17) is 31.3 Å². The van der Waals surface area contributed by atoms with Gasteiger partial charge in [0.15, 0.2) is 0 Å². The highest BCUT2D eigenvalue weighted by Crippen LogP contribution is 2.37. The molecule has 14 heteroatoms. The molecule has 4 rings (SSSR count). The van der Waals surface area contributed by atoms with Crippen LogP contribution in [0.5, 0.6) is 11.5 Å². The fourth-order valence-electron chi connectivity index (χ4n) is 4.13. The molecule has 254 valence electrons. The number of rotatable bonds is 13. The van der Waals surface area contributed by atoms with E-state index in [1.54, 1.807) is 48.5 Å². The summed E-state index contributed by atoms with van der Waals surface area (Å²) in [5, 5.41) is 32.5. The number of hydrogen-bond donors (Lipinski definition) is 4. The molecule has 0 fully saturated rings. The number of aliphatic carboxylic acids is 2. The zero-order valence-electron chi connectivity index (χ0n) is 26.7. The Bertz CT molecular complexity index is 1910. The minimum absolute atomic E-state index is 0.152. The maximum Gasteiger partial charge on any atom is 0.328 e. The molecule has 0 unspecified atom stereocenters. The van der Waals surface area contributed by atoms with Crippen LogP contribution in [0.3, 0.4) is 0 Å². The molecule has 0 radical (unpaired) electrons. The lowest BCUT2D eigenvalue weighted by molar-refractivity contribution is -0.134. The van der Waals surface area contributed by atoms with Crippen molar-refractivity contribution in [3.8, 4) is 17.6 Å². The number of aromatic nitrogens is 1. The SMILES string of the molecule is CCOc1cc2ncc(C#N)c(Nc3ccc(OCc4cccc(F)c4)c(Cl)c3)c2cc1NC(=O)/C=C/CN(C)C.O=C(O)/C=C\C(=O)O. The molecule has 12 nitrogen and oxygen atoms in total. The van der Waals surface area contributed by atoms with Crippen molar-refractivity contribution in [2.45, 2.75) is 13.5 Å². The molecular weight excluding hydrogens is 657 g/mol. The molecule has 0 bridgehead atoms. The molecule has 3 aromatic carbocycles. The van der Waals surface area contributed by atoms with Crippen molar-refractivity contribution in [3.63, 3.8) is 0 Å². The first kappa shape index (κ1) is 37.5. The average Bonchev–Trinajstić information content (AvgIpc) is 3.04. The minimum Gasteiger partial charge on any atom is -0.492 e. The minimum atomic E-state index is -1.26. The van der Waals surface area contributed by atoms with Crippen LogP contribution in [0.4, 0.5) is 21.5 Å². The summed E-state index contributed by atoms with van der Waals surface area (Å²) in [6.45, 7) is 3.00. The number of anilines is 3. The van der Waals surface area contributed by atoms with Crippen molar-refractivity contribution in [2.75, 3.05) is 37.9 Å². The second-order valence-electron chi connectivity index (χ2n) is 10.3. The van der Waals surface area contributed by atoms with Crippen LogP contribution in [0.15, 0.2) is 85.1 Å². The Morgan fingerprint density at radius 3 is 2.37 bits per heavy atom. The van der Waals surface area contributed by atoms with Crippen molar-refractivity contribution >= 4 is 57.4 Å². The summed E-state index contributed by atoms with van der Waals surface area (Å²) in [6.07, 6.45) is 5.81. The fraction of sp³-hybridized carbons (Fsp3) is 0.171. The van der Waals surface area contributed by atoms with Gasteiger partial charge in [0.05, 0.1) is 34.1 Å². The molecule has 0 saturated heterocycles. The van der Waals surface area contributed by atoms with Crippen LogP contribution in [-0.2, 0) is 21.0 Å². The number of carboxylic acid groups (broad SMARTS) is 2. The summed E-state index contributed by atoms with van der Waals surface area (Å²) in [4.78, 5) is 38.1. The Morgan fingerprint density at radius 2 is 1.76 bits per heavy atom. The number of nitriles is 1. The monoisotopic (exact) mass is 689 g/mol. The number of nitrogens with one attached hydrogen (secondary N) is 2. The van der Waals surface area contributed by atoms with Crippen molar-refractivity contribution < 1.29 is 38.5 Å².